The molecule has 1 aromatic heterocycles. The molecule has 7 heteroatoms. The molecule has 2 bridgehead atoms. The summed E-state index contributed by atoms with van der Waals surface area (Å²) in [6, 6.07) is 11.0. The van der Waals surface area contributed by atoms with Gasteiger partial charge in [-0.05, 0) is 36.6 Å². The Bertz CT molecular complexity index is 874. The third-order valence-electron chi connectivity index (χ3n) is 5.95. The van der Waals surface area contributed by atoms with Crippen LogP contribution < -0.4 is 14.2 Å². The van der Waals surface area contributed by atoms with E-state index in [2.05, 4.69) is 4.98 Å². The molecule has 7 nitrogen and oxygen atoms in total. The first-order valence-electron chi connectivity index (χ1n) is 9.60. The molecule has 0 spiro atoms. The van der Waals surface area contributed by atoms with Crippen LogP contribution in [0.3, 0.4) is 0 Å². The van der Waals surface area contributed by atoms with Gasteiger partial charge in [0.1, 0.15) is 0 Å². The van der Waals surface area contributed by atoms with Crippen LogP contribution in [0.25, 0.3) is 0 Å². The quantitative estimate of drug-likeness (QED) is 0.873. The lowest BCUT2D eigenvalue weighted by atomic mass is 9.80. The van der Waals surface area contributed by atoms with E-state index in [1.165, 1.54) is 0 Å². The second-order valence-corrected chi connectivity index (χ2v) is 7.65. The standard InChI is InChI=1S/C21H22N2O5/c24-20(12-26-19-3-1-2-8-22-19)23-15-5-6-16(23)11-21(25,10-15)14-4-7-17-18(9-14)28-13-27-17/h1-4,7-9,15-16,25H,5-6,10-13H2/t15-,16-/m0/s1. The van der Waals surface area contributed by atoms with Crippen LogP contribution in [0.15, 0.2) is 42.6 Å². The van der Waals surface area contributed by atoms with Crippen molar-refractivity contribution < 1.29 is 24.1 Å². The molecule has 5 rings (SSSR count). The van der Waals surface area contributed by atoms with Crippen LogP contribution in [0.1, 0.15) is 31.2 Å². The molecule has 1 aromatic carbocycles. The predicted octanol–water partition coefficient (Wildman–Crippen LogP) is 2.23. The molecular weight excluding hydrogens is 360 g/mol. The molecule has 1 N–H and O–H groups in total. The van der Waals surface area contributed by atoms with Crippen LogP contribution in [0.4, 0.5) is 0 Å². The van der Waals surface area contributed by atoms with Crippen LogP contribution in [0.5, 0.6) is 17.4 Å². The highest BCUT2D eigenvalue weighted by Gasteiger charge is 2.50. The van der Waals surface area contributed by atoms with Gasteiger partial charge < -0.3 is 24.2 Å². The minimum Gasteiger partial charge on any atom is -0.468 e. The number of aromatic nitrogens is 1. The summed E-state index contributed by atoms with van der Waals surface area (Å²) in [6.07, 6.45) is 4.45. The molecule has 2 saturated heterocycles. The van der Waals surface area contributed by atoms with Crippen LogP contribution in [0.2, 0.25) is 0 Å². The Morgan fingerprint density at radius 1 is 1.18 bits per heavy atom. The molecule has 0 unspecified atom stereocenters. The fourth-order valence-electron chi connectivity index (χ4n) is 4.70. The van der Waals surface area contributed by atoms with Gasteiger partial charge >= 0.3 is 0 Å². The maximum absolute atomic E-state index is 12.8. The van der Waals surface area contributed by atoms with Gasteiger partial charge in [0.05, 0.1) is 5.60 Å². The zero-order valence-corrected chi connectivity index (χ0v) is 15.4. The van der Waals surface area contributed by atoms with Gasteiger partial charge in [0.25, 0.3) is 5.91 Å². The summed E-state index contributed by atoms with van der Waals surface area (Å²) in [5.74, 6) is 1.76. The number of aliphatic hydroxyl groups is 1. The molecule has 0 saturated carbocycles. The summed E-state index contributed by atoms with van der Waals surface area (Å²) in [7, 11) is 0. The Morgan fingerprint density at radius 2 is 1.96 bits per heavy atom. The van der Waals surface area contributed by atoms with Crippen molar-refractivity contribution in [3.05, 3.63) is 48.2 Å². The molecule has 2 atom stereocenters. The Morgan fingerprint density at radius 3 is 2.71 bits per heavy atom. The van der Waals surface area contributed by atoms with Gasteiger partial charge in [-0.3, -0.25) is 4.79 Å². The van der Waals surface area contributed by atoms with Crippen molar-refractivity contribution in [2.45, 2.75) is 43.4 Å². The molecule has 146 valence electrons. The van der Waals surface area contributed by atoms with E-state index < -0.39 is 5.60 Å². The third kappa shape index (κ3) is 2.96. The Labute approximate surface area is 162 Å². The number of hydrogen-bond donors (Lipinski definition) is 1. The lowest BCUT2D eigenvalue weighted by Crippen LogP contribution is -2.53. The lowest BCUT2D eigenvalue weighted by molar-refractivity contribution is -0.144. The molecule has 0 aliphatic carbocycles. The number of amides is 1. The van der Waals surface area contributed by atoms with E-state index in [0.717, 1.165) is 18.4 Å². The number of piperidine rings is 1. The van der Waals surface area contributed by atoms with Gasteiger partial charge in [-0.15, -0.1) is 0 Å². The van der Waals surface area contributed by atoms with Crippen molar-refractivity contribution in [1.29, 1.82) is 0 Å². The molecule has 28 heavy (non-hydrogen) atoms. The number of ether oxygens (including phenoxy) is 3. The smallest absolute Gasteiger partial charge is 0.261 e. The number of nitrogens with zero attached hydrogens (tertiary/aromatic N) is 2. The zero-order chi connectivity index (χ0) is 19.1. The first-order valence-corrected chi connectivity index (χ1v) is 9.60. The van der Waals surface area contributed by atoms with Gasteiger partial charge in [-0.1, -0.05) is 12.1 Å². The molecule has 0 radical (unpaired) electrons. The van der Waals surface area contributed by atoms with Crippen molar-refractivity contribution in [1.82, 2.24) is 9.88 Å². The highest BCUT2D eigenvalue weighted by molar-refractivity contribution is 5.79. The number of pyridine rings is 1. The molecule has 4 heterocycles. The number of rotatable bonds is 4. The van der Waals surface area contributed by atoms with E-state index in [1.54, 1.807) is 18.3 Å². The molecule has 3 aliphatic heterocycles. The van der Waals surface area contributed by atoms with Gasteiger partial charge in [0, 0.05) is 37.2 Å². The van der Waals surface area contributed by atoms with Crippen molar-refractivity contribution in [2.24, 2.45) is 0 Å². The zero-order valence-electron chi connectivity index (χ0n) is 15.4. The second-order valence-electron chi connectivity index (χ2n) is 7.65. The summed E-state index contributed by atoms with van der Waals surface area (Å²) in [4.78, 5) is 18.8. The predicted molar refractivity (Wildman–Crippen MR) is 99.1 cm³/mol. The monoisotopic (exact) mass is 382 g/mol. The third-order valence-corrected chi connectivity index (χ3v) is 5.95. The van der Waals surface area contributed by atoms with Crippen LogP contribution >= 0.6 is 0 Å². The van der Waals surface area contributed by atoms with Gasteiger partial charge in [-0.25, -0.2) is 4.98 Å². The summed E-state index contributed by atoms with van der Waals surface area (Å²) in [5.41, 5.74) is -0.142. The van der Waals surface area contributed by atoms with Crippen molar-refractivity contribution >= 4 is 5.91 Å². The second kappa shape index (κ2) is 6.67. The molecule has 3 aliphatic rings. The van der Waals surface area contributed by atoms with Gasteiger partial charge in [-0.2, -0.15) is 0 Å². The van der Waals surface area contributed by atoms with Crippen molar-refractivity contribution in [3.63, 3.8) is 0 Å². The molecule has 2 fully saturated rings. The Balaban J connectivity index is 1.30. The normalized spacial score (nSPS) is 27.7. The number of benzene rings is 1. The number of fused-ring (bicyclic) bond motifs is 3. The lowest BCUT2D eigenvalue weighted by Gasteiger charge is -2.44. The summed E-state index contributed by atoms with van der Waals surface area (Å²) in [6.45, 7) is 0.174. The topological polar surface area (TPSA) is 81.1 Å². The highest BCUT2D eigenvalue weighted by atomic mass is 16.7. The molecular formula is C21H22N2O5. The first-order chi connectivity index (χ1) is 13.6. The number of hydrogen-bond acceptors (Lipinski definition) is 6. The summed E-state index contributed by atoms with van der Waals surface area (Å²) < 4.78 is 16.4. The maximum atomic E-state index is 12.8. The SMILES string of the molecule is O=C(COc1ccccn1)N1[C@H]2CC[C@H]1CC(O)(c1ccc3c(c1)OCO3)C2. The minimum atomic E-state index is -0.967. The van der Waals surface area contributed by atoms with Crippen LogP contribution in [-0.2, 0) is 10.4 Å². The fourth-order valence-corrected chi connectivity index (χ4v) is 4.70. The largest absolute Gasteiger partial charge is 0.468 e. The Kier molecular flexibility index (Phi) is 4.12. The van der Waals surface area contributed by atoms with Crippen molar-refractivity contribution in [3.8, 4) is 17.4 Å². The minimum absolute atomic E-state index is 0.00834. The number of carbonyl (C=O) groups is 1. The molecule has 2 aromatic rings. The summed E-state index contributed by atoms with van der Waals surface area (Å²) >= 11 is 0. The molecule has 1 amide bonds. The van der Waals surface area contributed by atoms with Gasteiger partial charge in [0.15, 0.2) is 18.1 Å². The fraction of sp³-hybridized carbons (Fsp3) is 0.429. The van der Waals surface area contributed by atoms with E-state index >= 15 is 0 Å². The maximum Gasteiger partial charge on any atom is 0.261 e. The van der Waals surface area contributed by atoms with E-state index in [-0.39, 0.29) is 31.4 Å². The average molecular weight is 382 g/mol. The highest BCUT2D eigenvalue weighted by Crippen LogP contribution is 2.47. The van der Waals surface area contributed by atoms with Crippen molar-refractivity contribution in [2.75, 3.05) is 13.4 Å². The Hall–Kier alpha value is -2.80. The van der Waals surface area contributed by atoms with Crippen LogP contribution in [0, 0.1) is 0 Å². The number of carbonyl (C=O) groups excluding carboxylic acids is 1. The summed E-state index contributed by atoms with van der Waals surface area (Å²) in [5, 5.41) is 11.4. The van der Waals surface area contributed by atoms with Crippen LogP contribution in [-0.4, -0.2) is 46.4 Å². The average Bonchev–Trinajstić information content (AvgIpc) is 3.29. The van der Waals surface area contributed by atoms with E-state index in [9.17, 15) is 9.90 Å². The van der Waals surface area contributed by atoms with Gasteiger partial charge in [0.2, 0.25) is 12.7 Å². The van der Waals surface area contributed by atoms with E-state index in [0.29, 0.717) is 30.2 Å². The van der Waals surface area contributed by atoms with E-state index in [1.807, 2.05) is 29.2 Å². The first kappa shape index (κ1) is 17.3. The van der Waals surface area contributed by atoms with E-state index in [4.69, 9.17) is 14.2 Å².